The maximum absolute atomic E-state index is 13.4. The number of piperazine rings is 1. The first-order valence-electron chi connectivity index (χ1n) is 10.2. The molecular weight excluding hydrogens is 444 g/mol. The summed E-state index contributed by atoms with van der Waals surface area (Å²) in [6.07, 6.45) is 3.07. The van der Waals surface area contributed by atoms with Crippen LogP contribution in [0.1, 0.15) is 43.5 Å². The average Bonchev–Trinajstić information content (AvgIpc) is 2.96. The van der Waals surface area contributed by atoms with Crippen LogP contribution in [0.3, 0.4) is 0 Å². The highest BCUT2D eigenvalue weighted by molar-refractivity contribution is 8.00. The second-order valence-corrected chi connectivity index (χ2v) is 10.3. The first kappa shape index (κ1) is 21.7. The predicted octanol–water partition coefficient (Wildman–Crippen LogP) is 5.91. The van der Waals surface area contributed by atoms with Crippen molar-refractivity contribution in [3.05, 3.63) is 51.9 Å². The van der Waals surface area contributed by atoms with E-state index in [0.717, 1.165) is 30.0 Å². The van der Waals surface area contributed by atoms with Crippen molar-refractivity contribution in [2.45, 2.75) is 55.3 Å². The SMILES string of the molecule is CCC(C)Sc1cc(Cl)nc(N2C3CCC2CN(C(=O)c2ccc(F)cc2Cl)C3)c1. The van der Waals surface area contributed by atoms with E-state index in [2.05, 4.69) is 29.8 Å². The molecule has 4 rings (SSSR count). The van der Waals surface area contributed by atoms with E-state index in [1.54, 1.807) is 11.8 Å². The van der Waals surface area contributed by atoms with E-state index in [1.165, 1.54) is 18.2 Å². The standard InChI is InChI=1S/C22H24Cl2FN3OS/c1-3-13(2)30-17-9-20(24)26-21(10-17)28-15-5-6-16(28)12-27(11-15)22(29)18-7-4-14(25)8-19(18)23/h4,7-10,13,15-16H,3,5-6,11-12H2,1-2H3. The molecule has 0 N–H and O–H groups in total. The lowest BCUT2D eigenvalue weighted by Gasteiger charge is -2.42. The summed E-state index contributed by atoms with van der Waals surface area (Å²) in [4.78, 5) is 22.9. The largest absolute Gasteiger partial charge is 0.347 e. The van der Waals surface area contributed by atoms with Crippen molar-refractivity contribution in [2.75, 3.05) is 18.0 Å². The third-order valence-corrected chi connectivity index (χ3v) is 7.61. The van der Waals surface area contributed by atoms with Gasteiger partial charge in [-0.2, -0.15) is 0 Å². The Kier molecular flexibility index (Phi) is 6.47. The second kappa shape index (κ2) is 8.93. The molecule has 0 saturated carbocycles. The zero-order valence-electron chi connectivity index (χ0n) is 16.9. The predicted molar refractivity (Wildman–Crippen MR) is 121 cm³/mol. The summed E-state index contributed by atoms with van der Waals surface area (Å²) in [5.41, 5.74) is 0.346. The summed E-state index contributed by atoms with van der Waals surface area (Å²) in [6, 6.07) is 8.31. The van der Waals surface area contributed by atoms with Crippen LogP contribution in [0.5, 0.6) is 0 Å². The molecule has 2 saturated heterocycles. The molecule has 4 nitrogen and oxygen atoms in total. The highest BCUT2D eigenvalue weighted by atomic mass is 35.5. The Morgan fingerprint density at radius 1 is 1.23 bits per heavy atom. The van der Waals surface area contributed by atoms with Gasteiger partial charge >= 0.3 is 0 Å². The molecule has 2 aliphatic rings. The van der Waals surface area contributed by atoms with E-state index >= 15 is 0 Å². The number of carbonyl (C=O) groups is 1. The minimum atomic E-state index is -0.445. The maximum Gasteiger partial charge on any atom is 0.255 e. The van der Waals surface area contributed by atoms with E-state index in [-0.39, 0.29) is 23.0 Å². The molecule has 160 valence electrons. The van der Waals surface area contributed by atoms with Crippen LogP contribution in [-0.2, 0) is 0 Å². The number of hydrogen-bond acceptors (Lipinski definition) is 4. The Hall–Kier alpha value is -1.50. The molecule has 3 atom stereocenters. The third-order valence-electron chi connectivity index (χ3n) is 5.86. The molecule has 0 aliphatic carbocycles. The lowest BCUT2D eigenvalue weighted by molar-refractivity contribution is 0.0717. The Morgan fingerprint density at radius 3 is 2.57 bits per heavy atom. The van der Waals surface area contributed by atoms with E-state index in [4.69, 9.17) is 23.2 Å². The number of thioether (sulfide) groups is 1. The normalized spacial score (nSPS) is 21.8. The number of pyridine rings is 1. The molecule has 2 aliphatic heterocycles. The lowest BCUT2D eigenvalue weighted by Crippen LogP contribution is -2.55. The number of anilines is 1. The highest BCUT2D eigenvalue weighted by Crippen LogP contribution is 2.38. The van der Waals surface area contributed by atoms with Crippen LogP contribution in [0.4, 0.5) is 10.2 Å². The van der Waals surface area contributed by atoms with Crippen LogP contribution in [0.2, 0.25) is 10.2 Å². The minimum Gasteiger partial charge on any atom is -0.347 e. The number of carbonyl (C=O) groups excluding carboxylic acids is 1. The molecular formula is C22H24Cl2FN3OS. The van der Waals surface area contributed by atoms with E-state index in [9.17, 15) is 9.18 Å². The van der Waals surface area contributed by atoms with E-state index < -0.39 is 5.82 Å². The second-order valence-electron chi connectivity index (χ2n) is 7.95. The molecule has 1 aromatic carbocycles. The fraction of sp³-hybridized carbons (Fsp3) is 0.455. The average molecular weight is 468 g/mol. The zero-order valence-corrected chi connectivity index (χ0v) is 19.3. The number of likely N-dealkylation sites (tertiary alicyclic amines) is 1. The van der Waals surface area contributed by atoms with Gasteiger partial charge in [-0.25, -0.2) is 9.37 Å². The van der Waals surface area contributed by atoms with Gasteiger partial charge in [0.2, 0.25) is 0 Å². The van der Waals surface area contributed by atoms with Crippen LogP contribution >= 0.6 is 35.0 Å². The van der Waals surface area contributed by atoms with Crippen molar-refractivity contribution in [3.63, 3.8) is 0 Å². The van der Waals surface area contributed by atoms with Gasteiger partial charge in [-0.3, -0.25) is 4.79 Å². The third kappa shape index (κ3) is 4.41. The van der Waals surface area contributed by atoms with Crippen LogP contribution in [0, 0.1) is 5.82 Å². The molecule has 2 aromatic rings. The van der Waals surface area contributed by atoms with Gasteiger partial charge in [-0.15, -0.1) is 11.8 Å². The van der Waals surface area contributed by atoms with Crippen molar-refractivity contribution in [2.24, 2.45) is 0 Å². The van der Waals surface area contributed by atoms with Crippen molar-refractivity contribution in [1.82, 2.24) is 9.88 Å². The van der Waals surface area contributed by atoms with Crippen molar-refractivity contribution in [3.8, 4) is 0 Å². The quantitative estimate of drug-likeness (QED) is 0.404. The first-order chi connectivity index (χ1) is 14.4. The number of nitrogens with zero attached hydrogens (tertiary/aromatic N) is 3. The van der Waals surface area contributed by atoms with E-state index in [0.29, 0.717) is 29.1 Å². The number of fused-ring (bicyclic) bond motifs is 2. The Balaban J connectivity index is 1.54. The highest BCUT2D eigenvalue weighted by Gasteiger charge is 2.42. The maximum atomic E-state index is 13.4. The molecule has 2 bridgehead atoms. The topological polar surface area (TPSA) is 36.4 Å². The fourth-order valence-corrected chi connectivity index (χ4v) is 5.75. The molecule has 30 heavy (non-hydrogen) atoms. The van der Waals surface area contributed by atoms with Crippen molar-refractivity contribution >= 4 is 46.7 Å². The number of halogens is 3. The molecule has 0 radical (unpaired) electrons. The van der Waals surface area contributed by atoms with Crippen molar-refractivity contribution < 1.29 is 9.18 Å². The van der Waals surface area contributed by atoms with Crippen LogP contribution in [0.25, 0.3) is 0 Å². The van der Waals surface area contributed by atoms with Gasteiger partial charge in [-0.05, 0) is 49.6 Å². The van der Waals surface area contributed by atoms with Gasteiger partial charge in [0, 0.05) is 35.3 Å². The first-order valence-corrected chi connectivity index (χ1v) is 11.9. The van der Waals surface area contributed by atoms with Crippen molar-refractivity contribution in [1.29, 1.82) is 0 Å². The van der Waals surface area contributed by atoms with Gasteiger partial charge in [0.25, 0.3) is 5.91 Å². The number of aromatic nitrogens is 1. The smallest absolute Gasteiger partial charge is 0.255 e. The molecule has 1 amide bonds. The zero-order chi connectivity index (χ0) is 21.4. The Labute approximate surface area is 190 Å². The molecule has 2 fully saturated rings. The molecule has 8 heteroatoms. The van der Waals surface area contributed by atoms with Gasteiger partial charge in [0.15, 0.2) is 0 Å². The Bertz CT molecular complexity index is 946. The molecule has 3 unspecified atom stereocenters. The number of rotatable bonds is 5. The lowest BCUT2D eigenvalue weighted by atomic mass is 10.1. The molecule has 0 spiro atoms. The van der Waals surface area contributed by atoms with E-state index in [1.807, 2.05) is 11.0 Å². The number of benzene rings is 1. The van der Waals surface area contributed by atoms with Gasteiger partial charge < -0.3 is 9.80 Å². The fourth-order valence-electron chi connectivity index (χ4n) is 4.25. The summed E-state index contributed by atoms with van der Waals surface area (Å²) in [7, 11) is 0. The summed E-state index contributed by atoms with van der Waals surface area (Å²) >= 11 is 14.3. The molecule has 3 heterocycles. The summed E-state index contributed by atoms with van der Waals surface area (Å²) in [5.74, 6) is 0.288. The van der Waals surface area contributed by atoms with Gasteiger partial charge in [0.05, 0.1) is 10.6 Å². The van der Waals surface area contributed by atoms with Crippen LogP contribution in [-0.4, -0.2) is 46.2 Å². The van der Waals surface area contributed by atoms with Crippen LogP contribution < -0.4 is 4.90 Å². The summed E-state index contributed by atoms with van der Waals surface area (Å²) < 4.78 is 13.4. The van der Waals surface area contributed by atoms with Gasteiger partial charge in [-0.1, -0.05) is 37.0 Å². The molecule has 1 aromatic heterocycles. The van der Waals surface area contributed by atoms with Gasteiger partial charge in [0.1, 0.15) is 16.8 Å². The summed E-state index contributed by atoms with van der Waals surface area (Å²) in [6.45, 7) is 5.55. The number of amides is 1. The monoisotopic (exact) mass is 467 g/mol. The Morgan fingerprint density at radius 2 is 1.93 bits per heavy atom. The minimum absolute atomic E-state index is 0.149. The van der Waals surface area contributed by atoms with Crippen LogP contribution in [0.15, 0.2) is 35.2 Å². The number of hydrogen-bond donors (Lipinski definition) is 0. The summed E-state index contributed by atoms with van der Waals surface area (Å²) in [5, 5.41) is 1.15.